The number of quaternary nitrogens is 2. The molecule has 0 bridgehead atoms. The van der Waals surface area contributed by atoms with Crippen LogP contribution in [0.15, 0.2) is 0 Å². The molecule has 11 heteroatoms. The van der Waals surface area contributed by atoms with Gasteiger partial charge in [0.2, 0.25) is 35.3 Å². The lowest BCUT2D eigenvalue weighted by molar-refractivity contribution is -0.929. The molecule has 47 heavy (non-hydrogen) atoms. The minimum absolute atomic E-state index is 0. The van der Waals surface area contributed by atoms with Gasteiger partial charge in [0.05, 0.1) is 26.2 Å². The average Bonchev–Trinajstić information content (AvgIpc) is 2.99. The van der Waals surface area contributed by atoms with Gasteiger partial charge in [-0.1, -0.05) is 124 Å². The number of unbranched alkanes of at least 4 members (excludes halogenated alkanes) is 21. The van der Waals surface area contributed by atoms with Crippen LogP contribution in [0.4, 0.5) is 17.3 Å². The van der Waals surface area contributed by atoms with Crippen LogP contribution in [-0.2, 0) is 0 Å². The van der Waals surface area contributed by atoms with Gasteiger partial charge in [0.1, 0.15) is 6.54 Å². The van der Waals surface area contributed by atoms with Gasteiger partial charge in [0, 0.05) is 12.3 Å². The number of alkyl halides is 1. The van der Waals surface area contributed by atoms with E-state index in [-0.39, 0.29) is 1.43 Å². The maximum absolute atomic E-state index is 9.75. The quantitative estimate of drug-likeness (QED) is 0.0160. The van der Waals surface area contributed by atoms with Crippen molar-refractivity contribution in [1.29, 1.82) is 0 Å². The minimum Gasteiger partial charge on any atom is -0.418 e. The van der Waals surface area contributed by atoms with Crippen LogP contribution >= 0.6 is 46.9 Å². The van der Waals surface area contributed by atoms with Gasteiger partial charge in [-0.25, -0.2) is 0 Å². The highest BCUT2D eigenvalue weighted by Crippen LogP contribution is 2.23. The van der Waals surface area contributed by atoms with Crippen molar-refractivity contribution in [3.8, 4) is 0 Å². The fourth-order valence-corrected chi connectivity index (χ4v) is 6.51. The van der Waals surface area contributed by atoms with E-state index in [0.29, 0.717) is 6.54 Å². The van der Waals surface area contributed by atoms with E-state index in [1.807, 2.05) is 0 Å². The van der Waals surface area contributed by atoms with E-state index < -0.39 is 10.3 Å². The second-order valence-electron chi connectivity index (χ2n) is 13.5. The van der Waals surface area contributed by atoms with E-state index in [1.165, 1.54) is 185 Å². The Kier molecular flexibility index (Phi) is 42.3. The van der Waals surface area contributed by atoms with E-state index >= 15 is 0 Å². The molecule has 0 heterocycles. The Hall–Kier alpha value is 0.865. The zero-order chi connectivity index (χ0) is 36.1. The Morgan fingerprint density at radius 1 is 0.383 bits per heavy atom. The lowest BCUT2D eigenvalue weighted by atomic mass is 10.1. The summed E-state index contributed by atoms with van der Waals surface area (Å²) in [7, 11) is -6.00. The molecule has 0 unspecified atom stereocenters. The van der Waals surface area contributed by atoms with Gasteiger partial charge in [-0.2, -0.15) is 0 Å². The normalized spacial score (nSPS) is 12.0. The number of rotatable bonds is 32. The smallest absolute Gasteiger partial charge is 0.418 e. The molecule has 0 saturated carbocycles. The minimum atomic E-state index is -6.00. The molecule has 0 aliphatic heterocycles. The van der Waals surface area contributed by atoms with Crippen molar-refractivity contribution in [2.24, 2.45) is 0 Å². The molecule has 0 atom stereocenters. The Labute approximate surface area is 312 Å². The highest BCUT2D eigenvalue weighted by Gasteiger charge is 2.25. The largest absolute Gasteiger partial charge is 1.00 e. The summed E-state index contributed by atoms with van der Waals surface area (Å²) in [6, 6.07) is 0. The summed E-state index contributed by atoms with van der Waals surface area (Å²) in [5.74, 6) is 0.807. The first-order valence-corrected chi connectivity index (χ1v) is 21.1. The second kappa shape index (κ2) is 38.1. The van der Waals surface area contributed by atoms with E-state index in [2.05, 4.69) is 27.7 Å². The lowest BCUT2D eigenvalue weighted by Gasteiger charge is -2.39. The summed E-state index contributed by atoms with van der Waals surface area (Å²) in [5, 5.41) is 0. The van der Waals surface area contributed by atoms with Crippen molar-refractivity contribution in [2.45, 2.75) is 195 Å². The zero-order valence-corrected chi connectivity index (χ0v) is 34.1. The fraction of sp³-hybridized carbons (Fsp3) is 1.00. The number of nitrogens with zero attached hydrogens (tertiary/aromatic N) is 2. The van der Waals surface area contributed by atoms with Gasteiger partial charge in [0.25, 0.3) is 0 Å². The second-order valence-corrected chi connectivity index (χ2v) is 16.1. The Morgan fingerprint density at radius 3 is 0.830 bits per heavy atom. The number of hydrogen-bond donors (Lipinski definition) is 0. The Morgan fingerprint density at radius 2 is 0.596 bits per heavy atom. The summed E-state index contributed by atoms with van der Waals surface area (Å²) in [6.45, 7) is 15.8. The monoisotopic (exact) mass is 764 g/mol. The van der Waals surface area contributed by atoms with Crippen molar-refractivity contribution in [1.82, 2.24) is 0 Å². The molecule has 0 aliphatic rings. The predicted octanol–water partition coefficient (Wildman–Crippen LogP) is 15.9. The van der Waals surface area contributed by atoms with Crippen LogP contribution in [0.1, 0.15) is 196 Å². The van der Waals surface area contributed by atoms with Crippen molar-refractivity contribution >= 4 is 54.2 Å². The molecule has 0 N–H and O–H groups in total. The molecular weight excluding hydrogens is 689 g/mol. The van der Waals surface area contributed by atoms with Crippen LogP contribution in [0.25, 0.3) is 0 Å². The summed E-state index contributed by atoms with van der Waals surface area (Å²) in [5.41, 5.74) is 0. The summed E-state index contributed by atoms with van der Waals surface area (Å²) >= 11 is 22.5. The SMILES string of the molecule is CCCCCC[N+](CCCCCC)(CCCCCC)CCCCCC.ClCCCCCCCCCCCC[N+](Cl)(Cl)Cl.F[B-](F)(F)F.[H+]. The van der Waals surface area contributed by atoms with E-state index in [9.17, 15) is 17.3 Å². The van der Waals surface area contributed by atoms with Crippen molar-refractivity contribution in [3.63, 3.8) is 0 Å². The van der Waals surface area contributed by atoms with Gasteiger partial charge in [0.15, 0.2) is 0 Å². The third kappa shape index (κ3) is 51.3. The Bertz CT molecular complexity index is 548. The van der Waals surface area contributed by atoms with Crippen LogP contribution < -0.4 is 0 Å². The van der Waals surface area contributed by atoms with E-state index in [4.69, 9.17) is 46.9 Å². The average molecular weight is 767 g/mol. The maximum atomic E-state index is 9.75. The van der Waals surface area contributed by atoms with Crippen LogP contribution in [0.2, 0.25) is 0 Å². The molecule has 0 fully saturated rings. The highest BCUT2D eigenvalue weighted by molar-refractivity contribution is 6.50. The molecule has 0 radical (unpaired) electrons. The molecule has 2 nitrogen and oxygen atoms in total. The van der Waals surface area contributed by atoms with Crippen LogP contribution in [-0.4, -0.2) is 53.4 Å². The van der Waals surface area contributed by atoms with Crippen LogP contribution in [0, 0.1) is 0 Å². The molecule has 0 aromatic carbocycles. The van der Waals surface area contributed by atoms with Crippen LogP contribution in [0.5, 0.6) is 0 Å². The molecular formula is C36H77BCl4F4N2+2. The molecule has 288 valence electrons. The maximum Gasteiger partial charge on any atom is 1.00 e. The summed E-state index contributed by atoms with van der Waals surface area (Å²) in [4.78, 5) is 0. The van der Waals surface area contributed by atoms with Crippen molar-refractivity contribution in [3.05, 3.63) is 0 Å². The standard InChI is InChI=1S/C24H52N.C12H24Cl4N.BF4/c1-5-9-13-17-21-25(22-18-14-10-6-2,23-19-15-11-7-3)24-20-16-12-8-4;13-11-9-7-5-3-1-2-4-6-8-10-12-17(14,15)16;2-1(3,4)5/h5-24H2,1-4H3;1-12H2;/q2*+1;-1/p+1. The van der Waals surface area contributed by atoms with Crippen LogP contribution in [0.3, 0.4) is 0 Å². The Balaban J connectivity index is -0.000000364. The van der Waals surface area contributed by atoms with Gasteiger partial charge < -0.3 is 21.7 Å². The van der Waals surface area contributed by atoms with E-state index in [1.54, 1.807) is 0 Å². The molecule has 0 aliphatic carbocycles. The third-order valence-electron chi connectivity index (χ3n) is 8.74. The predicted molar refractivity (Wildman–Crippen MR) is 207 cm³/mol. The fourth-order valence-electron chi connectivity index (χ4n) is 5.97. The van der Waals surface area contributed by atoms with Gasteiger partial charge >= 0.3 is 8.68 Å². The number of hydrogen-bond acceptors (Lipinski definition) is 0. The first-order valence-electron chi connectivity index (χ1n) is 19.6. The van der Waals surface area contributed by atoms with E-state index in [0.717, 1.165) is 18.7 Å². The molecule has 0 aromatic rings. The topological polar surface area (TPSA) is 0 Å². The molecule has 0 aromatic heterocycles. The summed E-state index contributed by atoms with van der Waals surface area (Å²) < 4.78 is 40.0. The van der Waals surface area contributed by atoms with Gasteiger partial charge in [-0.3, -0.25) is 0 Å². The summed E-state index contributed by atoms with van der Waals surface area (Å²) in [6.07, 6.45) is 35.4. The third-order valence-corrected chi connectivity index (χ3v) is 9.51. The molecule has 0 rings (SSSR count). The molecule has 0 spiro atoms. The first kappa shape index (κ1) is 52.2. The first-order chi connectivity index (χ1) is 22.3. The highest BCUT2D eigenvalue weighted by atomic mass is 35.6. The van der Waals surface area contributed by atoms with Gasteiger partial charge in [-0.05, 0) is 67.2 Å². The number of halogens is 8. The molecule has 0 saturated heterocycles. The van der Waals surface area contributed by atoms with Crippen molar-refractivity contribution in [2.75, 3.05) is 38.6 Å². The molecule has 0 amide bonds. The lowest BCUT2D eigenvalue weighted by Crippen LogP contribution is -2.50. The van der Waals surface area contributed by atoms with Crippen molar-refractivity contribution < 1.29 is 26.2 Å². The zero-order valence-electron chi connectivity index (χ0n) is 32.1. The van der Waals surface area contributed by atoms with Gasteiger partial charge in [-0.15, -0.1) is 11.6 Å².